The van der Waals surface area contributed by atoms with Crippen LogP contribution in [0.15, 0.2) is 18.2 Å². The molecule has 20 heavy (non-hydrogen) atoms. The van der Waals surface area contributed by atoms with E-state index in [2.05, 4.69) is 22.8 Å². The molecule has 0 atom stereocenters. The summed E-state index contributed by atoms with van der Waals surface area (Å²) in [6.45, 7) is 1.97. The van der Waals surface area contributed by atoms with Crippen LogP contribution in [-0.4, -0.2) is 39.4 Å². The van der Waals surface area contributed by atoms with Crippen LogP contribution >= 0.6 is 0 Å². The fraction of sp³-hybridized carbons (Fsp3) is 0.533. The molecule has 1 aromatic carbocycles. The van der Waals surface area contributed by atoms with Crippen molar-refractivity contribution in [2.24, 2.45) is 0 Å². The summed E-state index contributed by atoms with van der Waals surface area (Å²) in [6, 6.07) is 6.06. The quantitative estimate of drug-likeness (QED) is 0.743. The van der Waals surface area contributed by atoms with Gasteiger partial charge in [-0.25, -0.2) is 4.79 Å². The number of methoxy groups -OCH3 is 1. The van der Waals surface area contributed by atoms with E-state index >= 15 is 0 Å². The van der Waals surface area contributed by atoms with Crippen LogP contribution in [0, 0.1) is 0 Å². The van der Waals surface area contributed by atoms with Crippen LogP contribution in [0.25, 0.3) is 0 Å². The highest BCUT2D eigenvalue weighted by atomic mass is 16.5. The number of ether oxygens (including phenoxy) is 2. The lowest BCUT2D eigenvalue weighted by Gasteiger charge is -2.10. The number of fused-ring (bicyclic) bond motifs is 1. The van der Waals surface area contributed by atoms with E-state index in [-0.39, 0.29) is 6.03 Å². The molecule has 1 aliphatic rings. The monoisotopic (exact) mass is 278 g/mol. The molecule has 5 nitrogen and oxygen atoms in total. The van der Waals surface area contributed by atoms with Gasteiger partial charge in [0.15, 0.2) is 0 Å². The Labute approximate surface area is 119 Å². The van der Waals surface area contributed by atoms with E-state index < -0.39 is 0 Å². The number of aryl methyl sites for hydroxylation is 2. The van der Waals surface area contributed by atoms with Crippen molar-refractivity contribution in [3.8, 4) is 5.75 Å². The summed E-state index contributed by atoms with van der Waals surface area (Å²) >= 11 is 0. The van der Waals surface area contributed by atoms with Crippen LogP contribution in [-0.2, 0) is 17.6 Å². The molecule has 0 radical (unpaired) electrons. The first-order chi connectivity index (χ1) is 9.79. The first-order valence-electron chi connectivity index (χ1n) is 7.05. The highest BCUT2D eigenvalue weighted by molar-refractivity contribution is 5.73. The van der Waals surface area contributed by atoms with Crippen molar-refractivity contribution in [3.63, 3.8) is 0 Å². The molecule has 2 N–H and O–H groups in total. The summed E-state index contributed by atoms with van der Waals surface area (Å²) in [5.41, 5.74) is 2.83. The standard InChI is InChI=1S/C15H22N2O3/c1-19-9-7-16-15(18)17-8-10-20-14-6-5-12-3-2-4-13(12)11-14/h5-6,11H,2-4,7-10H2,1H3,(H2,16,17,18). The molecule has 2 rings (SSSR count). The molecule has 0 unspecified atom stereocenters. The normalized spacial score (nSPS) is 12.8. The zero-order valence-corrected chi connectivity index (χ0v) is 11.9. The molecular weight excluding hydrogens is 256 g/mol. The van der Waals surface area contributed by atoms with Gasteiger partial charge in [0.05, 0.1) is 13.2 Å². The summed E-state index contributed by atoms with van der Waals surface area (Å²) in [5.74, 6) is 0.882. The van der Waals surface area contributed by atoms with Gasteiger partial charge in [-0.3, -0.25) is 0 Å². The number of carbonyl (C=O) groups excluding carboxylic acids is 1. The lowest BCUT2D eigenvalue weighted by molar-refractivity contribution is 0.195. The molecule has 0 saturated carbocycles. The van der Waals surface area contributed by atoms with Crippen molar-refractivity contribution < 1.29 is 14.3 Å². The molecule has 0 fully saturated rings. The molecule has 0 heterocycles. The zero-order chi connectivity index (χ0) is 14.2. The van der Waals surface area contributed by atoms with Crippen molar-refractivity contribution in [2.45, 2.75) is 19.3 Å². The van der Waals surface area contributed by atoms with Gasteiger partial charge in [0.2, 0.25) is 0 Å². The maximum atomic E-state index is 11.3. The fourth-order valence-corrected chi connectivity index (χ4v) is 2.30. The SMILES string of the molecule is COCCNC(=O)NCCOc1ccc2c(c1)CCC2. The second-order valence-corrected chi connectivity index (χ2v) is 4.81. The van der Waals surface area contributed by atoms with Crippen molar-refractivity contribution in [1.29, 1.82) is 0 Å². The molecule has 110 valence electrons. The van der Waals surface area contributed by atoms with Crippen molar-refractivity contribution in [1.82, 2.24) is 10.6 Å². The van der Waals surface area contributed by atoms with Gasteiger partial charge in [-0.15, -0.1) is 0 Å². The summed E-state index contributed by atoms with van der Waals surface area (Å²) in [7, 11) is 1.60. The Kier molecular flexibility index (Phi) is 5.68. The number of rotatable bonds is 7. The topological polar surface area (TPSA) is 59.6 Å². The summed E-state index contributed by atoms with van der Waals surface area (Å²) in [4.78, 5) is 11.3. The van der Waals surface area contributed by atoms with Gasteiger partial charge in [0.25, 0.3) is 0 Å². The van der Waals surface area contributed by atoms with E-state index in [1.165, 1.54) is 24.0 Å². The predicted octanol–water partition coefficient (Wildman–Crippen LogP) is 1.50. The largest absolute Gasteiger partial charge is 0.492 e. The Morgan fingerprint density at radius 3 is 2.70 bits per heavy atom. The highest BCUT2D eigenvalue weighted by Gasteiger charge is 2.11. The second-order valence-electron chi connectivity index (χ2n) is 4.81. The minimum Gasteiger partial charge on any atom is -0.492 e. The van der Waals surface area contributed by atoms with Crippen LogP contribution in [0.2, 0.25) is 0 Å². The van der Waals surface area contributed by atoms with Crippen LogP contribution in [0.1, 0.15) is 17.5 Å². The Balaban J connectivity index is 1.62. The zero-order valence-electron chi connectivity index (χ0n) is 11.9. The van der Waals surface area contributed by atoms with E-state index in [1.54, 1.807) is 7.11 Å². The maximum Gasteiger partial charge on any atom is 0.314 e. The average molecular weight is 278 g/mol. The fourth-order valence-electron chi connectivity index (χ4n) is 2.30. The number of carbonyl (C=O) groups is 1. The van der Waals surface area contributed by atoms with Gasteiger partial charge in [0.1, 0.15) is 12.4 Å². The second kappa shape index (κ2) is 7.75. The third-order valence-corrected chi connectivity index (χ3v) is 3.32. The number of nitrogens with one attached hydrogen (secondary N) is 2. The first kappa shape index (κ1) is 14.7. The number of hydrogen-bond donors (Lipinski definition) is 2. The minimum absolute atomic E-state index is 0.195. The van der Waals surface area contributed by atoms with Crippen LogP contribution in [0.3, 0.4) is 0 Å². The molecule has 0 aromatic heterocycles. The molecule has 1 aromatic rings. The van der Waals surface area contributed by atoms with Gasteiger partial charge >= 0.3 is 6.03 Å². The molecular formula is C15H22N2O3. The van der Waals surface area contributed by atoms with Gasteiger partial charge in [-0.05, 0) is 42.5 Å². The van der Waals surface area contributed by atoms with E-state index in [0.717, 1.165) is 12.2 Å². The average Bonchev–Trinajstić information content (AvgIpc) is 2.91. The smallest absolute Gasteiger partial charge is 0.314 e. The van der Waals surface area contributed by atoms with E-state index in [4.69, 9.17) is 9.47 Å². The first-order valence-corrected chi connectivity index (χ1v) is 7.05. The van der Waals surface area contributed by atoms with E-state index in [9.17, 15) is 4.79 Å². The van der Waals surface area contributed by atoms with Crippen LogP contribution < -0.4 is 15.4 Å². The van der Waals surface area contributed by atoms with Gasteiger partial charge in [-0.2, -0.15) is 0 Å². The number of benzene rings is 1. The van der Waals surface area contributed by atoms with Crippen molar-refractivity contribution in [2.75, 3.05) is 33.4 Å². The summed E-state index contributed by atoms with van der Waals surface area (Å²) in [6.07, 6.45) is 3.56. The Morgan fingerprint density at radius 2 is 1.90 bits per heavy atom. The van der Waals surface area contributed by atoms with Crippen LogP contribution in [0.5, 0.6) is 5.75 Å². The molecule has 0 aliphatic heterocycles. The molecule has 5 heteroatoms. The lowest BCUT2D eigenvalue weighted by Crippen LogP contribution is -2.39. The summed E-state index contributed by atoms with van der Waals surface area (Å²) < 4.78 is 10.5. The number of amides is 2. The number of urea groups is 1. The molecule has 1 aliphatic carbocycles. The Morgan fingerprint density at radius 1 is 1.15 bits per heavy atom. The van der Waals surface area contributed by atoms with Crippen molar-refractivity contribution >= 4 is 6.03 Å². The summed E-state index contributed by atoms with van der Waals surface area (Å²) in [5, 5.41) is 5.42. The van der Waals surface area contributed by atoms with E-state index in [0.29, 0.717) is 26.3 Å². The van der Waals surface area contributed by atoms with E-state index in [1.807, 2.05) is 6.07 Å². The van der Waals surface area contributed by atoms with Gasteiger partial charge in [-0.1, -0.05) is 6.07 Å². The molecule has 0 bridgehead atoms. The minimum atomic E-state index is -0.195. The molecule has 2 amide bonds. The molecule has 0 saturated heterocycles. The lowest BCUT2D eigenvalue weighted by atomic mass is 10.1. The third kappa shape index (κ3) is 4.42. The maximum absolute atomic E-state index is 11.3. The highest BCUT2D eigenvalue weighted by Crippen LogP contribution is 2.25. The Hall–Kier alpha value is -1.75. The Bertz CT molecular complexity index is 449. The predicted molar refractivity (Wildman–Crippen MR) is 77.2 cm³/mol. The van der Waals surface area contributed by atoms with Crippen LogP contribution in [0.4, 0.5) is 4.79 Å². The van der Waals surface area contributed by atoms with Gasteiger partial charge in [0, 0.05) is 13.7 Å². The third-order valence-electron chi connectivity index (χ3n) is 3.32. The number of hydrogen-bond acceptors (Lipinski definition) is 3. The molecule has 0 spiro atoms. The van der Waals surface area contributed by atoms with Gasteiger partial charge < -0.3 is 20.1 Å². The van der Waals surface area contributed by atoms with Crippen molar-refractivity contribution in [3.05, 3.63) is 29.3 Å².